The molecule has 0 spiro atoms. The van der Waals surface area contributed by atoms with Crippen LogP contribution in [0, 0.1) is 0 Å². The summed E-state index contributed by atoms with van der Waals surface area (Å²) in [5, 5.41) is 8.90. The number of carbonyl (C=O) groups is 1. The van der Waals surface area contributed by atoms with Crippen molar-refractivity contribution in [2.75, 3.05) is 39.0 Å². The van der Waals surface area contributed by atoms with E-state index in [1.165, 1.54) is 0 Å². The van der Waals surface area contributed by atoms with Gasteiger partial charge in [-0.05, 0) is 40.5 Å². The second-order valence-electron chi connectivity index (χ2n) is 6.36. The van der Waals surface area contributed by atoms with Crippen LogP contribution in [0.15, 0.2) is 4.99 Å². The number of nitrogens with zero attached hydrogens (tertiary/aromatic N) is 1. The highest BCUT2D eigenvalue weighted by Gasteiger charge is 2.15. The Morgan fingerprint density at radius 3 is 2.00 bits per heavy atom. The van der Waals surface area contributed by atoms with Crippen LogP contribution in [0.2, 0.25) is 0 Å². The van der Waals surface area contributed by atoms with Gasteiger partial charge in [0.15, 0.2) is 5.96 Å². The molecule has 1 amide bonds. The van der Waals surface area contributed by atoms with Crippen molar-refractivity contribution in [1.82, 2.24) is 20.7 Å². The lowest BCUT2D eigenvalue weighted by atomic mass is 10.2. The number of ether oxygens (including phenoxy) is 1. The van der Waals surface area contributed by atoms with Crippen molar-refractivity contribution in [3.8, 4) is 0 Å². The first-order valence-corrected chi connectivity index (χ1v) is 10.1. The Kier molecular flexibility index (Phi) is 11.2. The van der Waals surface area contributed by atoms with Crippen molar-refractivity contribution in [1.29, 1.82) is 0 Å². The number of alkyl carbamates (subject to hydrolysis) is 1. The fraction of sp³-hybridized carbons (Fsp3) is 0.867. The molecule has 0 rings (SSSR count). The molecule has 0 aliphatic heterocycles. The Balaban J connectivity index is 3.75. The van der Waals surface area contributed by atoms with E-state index >= 15 is 0 Å². The minimum atomic E-state index is -3.13. The van der Waals surface area contributed by atoms with E-state index in [0.29, 0.717) is 38.6 Å². The predicted octanol–water partition coefficient (Wildman–Crippen LogP) is 0.396. The quantitative estimate of drug-likeness (QED) is 0.248. The molecule has 0 aromatic carbocycles. The molecule has 0 aliphatic rings. The third-order valence-corrected chi connectivity index (χ3v) is 4.29. The number of carbonyl (C=O) groups excluding carboxylic acids is 1. The fourth-order valence-corrected chi connectivity index (χ4v) is 2.30. The van der Waals surface area contributed by atoms with Crippen molar-refractivity contribution in [2.45, 2.75) is 46.1 Å². The van der Waals surface area contributed by atoms with E-state index in [0.717, 1.165) is 6.42 Å². The molecular formula is C15H33N5O4S. The van der Waals surface area contributed by atoms with Gasteiger partial charge in [0, 0.05) is 33.2 Å². The van der Waals surface area contributed by atoms with Gasteiger partial charge in [-0.2, -0.15) is 0 Å². The lowest BCUT2D eigenvalue weighted by Crippen LogP contribution is -2.40. The second-order valence-corrected chi connectivity index (χ2v) is 8.45. The summed E-state index contributed by atoms with van der Waals surface area (Å²) in [5.41, 5.74) is -0.500. The highest BCUT2D eigenvalue weighted by atomic mass is 32.2. The zero-order chi connectivity index (χ0) is 19.3. The number of sulfonamides is 1. The molecule has 10 heteroatoms. The van der Waals surface area contributed by atoms with Crippen molar-refractivity contribution in [3.63, 3.8) is 0 Å². The van der Waals surface area contributed by atoms with Crippen molar-refractivity contribution < 1.29 is 17.9 Å². The fourth-order valence-electron chi connectivity index (χ4n) is 1.65. The molecule has 0 bridgehead atoms. The Morgan fingerprint density at radius 2 is 1.52 bits per heavy atom. The van der Waals surface area contributed by atoms with E-state index in [4.69, 9.17) is 4.74 Å². The number of guanidine groups is 1. The summed E-state index contributed by atoms with van der Waals surface area (Å²) in [7, 11) is -1.47. The van der Waals surface area contributed by atoms with E-state index in [9.17, 15) is 13.2 Å². The average Bonchev–Trinajstić information content (AvgIpc) is 2.50. The van der Waals surface area contributed by atoms with E-state index in [-0.39, 0.29) is 5.75 Å². The summed E-state index contributed by atoms with van der Waals surface area (Å²) < 4.78 is 30.2. The van der Waals surface area contributed by atoms with Crippen LogP contribution < -0.4 is 20.7 Å². The minimum absolute atomic E-state index is 0.0843. The normalized spacial score (nSPS) is 12.6. The van der Waals surface area contributed by atoms with Gasteiger partial charge in [0.2, 0.25) is 10.0 Å². The summed E-state index contributed by atoms with van der Waals surface area (Å²) in [4.78, 5) is 15.5. The first kappa shape index (κ1) is 23.4. The van der Waals surface area contributed by atoms with Gasteiger partial charge in [-0.25, -0.2) is 17.9 Å². The second kappa shape index (κ2) is 11.9. The molecule has 25 heavy (non-hydrogen) atoms. The predicted molar refractivity (Wildman–Crippen MR) is 100 cm³/mol. The summed E-state index contributed by atoms with van der Waals surface area (Å²) in [6.45, 7) is 9.17. The van der Waals surface area contributed by atoms with Gasteiger partial charge < -0.3 is 20.7 Å². The van der Waals surface area contributed by atoms with Crippen LogP contribution in [0.3, 0.4) is 0 Å². The first-order chi connectivity index (χ1) is 11.6. The van der Waals surface area contributed by atoms with Crippen LogP contribution in [0.25, 0.3) is 0 Å². The molecule has 148 valence electrons. The van der Waals surface area contributed by atoms with Gasteiger partial charge >= 0.3 is 6.09 Å². The Hall–Kier alpha value is -1.55. The van der Waals surface area contributed by atoms with Gasteiger partial charge in [0.05, 0.1) is 5.75 Å². The maximum atomic E-state index is 11.5. The van der Waals surface area contributed by atoms with Gasteiger partial charge in [0.1, 0.15) is 5.60 Å². The highest BCUT2D eigenvalue weighted by molar-refractivity contribution is 7.89. The standard InChI is InChI=1S/C15H33N5O4S/c1-6-25(22,23)20-12-8-10-18-13(16-5)17-9-7-11-19-14(21)24-15(2,3)4/h20H,6-12H2,1-5H3,(H,19,21)(H2,16,17,18). The molecule has 9 nitrogen and oxygen atoms in total. The van der Waals surface area contributed by atoms with Crippen molar-refractivity contribution in [2.24, 2.45) is 4.99 Å². The number of hydrogen-bond donors (Lipinski definition) is 4. The molecule has 0 radical (unpaired) electrons. The average molecular weight is 380 g/mol. The van der Waals surface area contributed by atoms with Gasteiger partial charge in [0.25, 0.3) is 0 Å². The molecule has 0 saturated carbocycles. The van der Waals surface area contributed by atoms with Gasteiger partial charge in [-0.3, -0.25) is 4.99 Å². The van der Waals surface area contributed by atoms with Crippen LogP contribution in [0.1, 0.15) is 40.5 Å². The lowest BCUT2D eigenvalue weighted by molar-refractivity contribution is 0.0527. The topological polar surface area (TPSA) is 121 Å². The van der Waals surface area contributed by atoms with Crippen LogP contribution in [-0.2, 0) is 14.8 Å². The molecule has 4 N–H and O–H groups in total. The molecule has 0 saturated heterocycles. The third kappa shape index (κ3) is 14.5. The molecule has 0 heterocycles. The van der Waals surface area contributed by atoms with E-state index < -0.39 is 21.7 Å². The number of nitrogens with one attached hydrogen (secondary N) is 4. The molecule has 0 aromatic heterocycles. The summed E-state index contributed by atoms with van der Waals surface area (Å²) in [5.74, 6) is 0.719. The zero-order valence-electron chi connectivity index (χ0n) is 15.9. The van der Waals surface area contributed by atoms with Crippen LogP contribution >= 0.6 is 0 Å². The highest BCUT2D eigenvalue weighted by Crippen LogP contribution is 2.06. The van der Waals surface area contributed by atoms with Crippen LogP contribution in [-0.4, -0.2) is 65.1 Å². The van der Waals surface area contributed by atoms with E-state index in [1.54, 1.807) is 14.0 Å². The first-order valence-electron chi connectivity index (χ1n) is 8.48. The van der Waals surface area contributed by atoms with Crippen LogP contribution in [0.5, 0.6) is 0 Å². The molecule has 0 fully saturated rings. The Labute approximate surface area is 151 Å². The number of amides is 1. The maximum Gasteiger partial charge on any atom is 0.407 e. The zero-order valence-corrected chi connectivity index (χ0v) is 16.8. The molecule has 0 aliphatic carbocycles. The van der Waals surface area contributed by atoms with Crippen LogP contribution in [0.4, 0.5) is 4.79 Å². The van der Waals surface area contributed by atoms with Crippen molar-refractivity contribution in [3.05, 3.63) is 0 Å². The minimum Gasteiger partial charge on any atom is -0.444 e. The SMILES string of the molecule is CCS(=O)(=O)NCCCNC(=NC)NCCCNC(=O)OC(C)(C)C. The van der Waals surface area contributed by atoms with Gasteiger partial charge in [-0.1, -0.05) is 0 Å². The van der Waals surface area contributed by atoms with Gasteiger partial charge in [-0.15, -0.1) is 0 Å². The third-order valence-electron chi connectivity index (χ3n) is 2.89. The number of rotatable bonds is 10. The lowest BCUT2D eigenvalue weighted by Gasteiger charge is -2.19. The summed E-state index contributed by atoms with van der Waals surface area (Å²) in [6.07, 6.45) is 0.945. The molecule has 0 aromatic rings. The Bertz CT molecular complexity index is 515. The smallest absolute Gasteiger partial charge is 0.407 e. The summed E-state index contributed by atoms with van der Waals surface area (Å²) >= 11 is 0. The van der Waals surface area contributed by atoms with E-state index in [1.807, 2.05) is 20.8 Å². The molecule has 0 unspecified atom stereocenters. The molecular weight excluding hydrogens is 346 g/mol. The van der Waals surface area contributed by atoms with E-state index in [2.05, 4.69) is 25.7 Å². The number of aliphatic imine (C=N–C) groups is 1. The monoisotopic (exact) mass is 379 g/mol. The maximum absolute atomic E-state index is 11.5. The Morgan fingerprint density at radius 1 is 1.00 bits per heavy atom. The van der Waals surface area contributed by atoms with Crippen molar-refractivity contribution >= 4 is 22.1 Å². The number of hydrogen-bond acceptors (Lipinski definition) is 5. The largest absolute Gasteiger partial charge is 0.444 e. The summed E-state index contributed by atoms with van der Waals surface area (Å²) in [6, 6.07) is 0. The molecule has 0 atom stereocenters.